The van der Waals surface area contributed by atoms with E-state index >= 15 is 0 Å². The fourth-order valence-electron chi connectivity index (χ4n) is 2.21. The number of hydrogen-bond donors (Lipinski definition) is 0. The van der Waals surface area contributed by atoms with Crippen LogP contribution in [0.15, 0.2) is 71.2 Å². The Labute approximate surface area is 151 Å². The molecule has 104 valence electrons. The first-order chi connectivity index (χ1) is 10.1. The van der Waals surface area contributed by atoms with Gasteiger partial charge in [0.25, 0.3) is 0 Å². The lowest BCUT2D eigenvalue weighted by Gasteiger charge is -2.08. The summed E-state index contributed by atoms with van der Waals surface area (Å²) in [6, 6.07) is 22.8. The molecule has 0 nitrogen and oxygen atoms in total. The minimum Gasteiger partial charge on any atom is -0.0843 e. The van der Waals surface area contributed by atoms with Crippen molar-refractivity contribution in [1.29, 1.82) is 0 Å². The summed E-state index contributed by atoms with van der Waals surface area (Å²) in [4.78, 5) is 0. The van der Waals surface area contributed by atoms with Gasteiger partial charge < -0.3 is 0 Å². The van der Waals surface area contributed by atoms with E-state index in [2.05, 4.69) is 81.0 Å². The highest BCUT2D eigenvalue weighted by Gasteiger charge is 2.06. The molecule has 0 amide bonds. The molecule has 0 N–H and O–H groups in total. The van der Waals surface area contributed by atoms with Gasteiger partial charge in [0.15, 0.2) is 0 Å². The lowest BCUT2D eigenvalue weighted by atomic mass is 10.0. The Balaban J connectivity index is 1.97. The molecule has 0 unspecified atom stereocenters. The van der Waals surface area contributed by atoms with E-state index in [1.54, 1.807) is 0 Å². The zero-order chi connectivity index (χ0) is 14.8. The molecule has 3 aromatic rings. The quantitative estimate of drug-likeness (QED) is 0.353. The molecular formula is C18H11BrClI. The van der Waals surface area contributed by atoms with E-state index < -0.39 is 0 Å². The summed E-state index contributed by atoms with van der Waals surface area (Å²) in [7, 11) is 0. The van der Waals surface area contributed by atoms with Crippen molar-refractivity contribution in [2.24, 2.45) is 0 Å². The van der Waals surface area contributed by atoms with Gasteiger partial charge in [0.05, 0.1) is 0 Å². The molecule has 0 fully saturated rings. The van der Waals surface area contributed by atoms with Gasteiger partial charge in [-0.05, 0) is 79.0 Å². The van der Waals surface area contributed by atoms with Crippen LogP contribution in [0, 0.1) is 3.57 Å². The first kappa shape index (κ1) is 15.1. The average molecular weight is 470 g/mol. The maximum atomic E-state index is 5.93. The third kappa shape index (κ3) is 3.33. The van der Waals surface area contributed by atoms with Crippen LogP contribution in [0.3, 0.4) is 0 Å². The van der Waals surface area contributed by atoms with Gasteiger partial charge in [0.2, 0.25) is 0 Å². The Kier molecular flexibility index (Phi) is 4.67. The molecule has 0 bridgehead atoms. The summed E-state index contributed by atoms with van der Waals surface area (Å²) in [5, 5.41) is 0.762. The first-order valence-corrected chi connectivity index (χ1v) is 8.70. The summed E-state index contributed by atoms with van der Waals surface area (Å²) in [5.41, 5.74) is 4.78. The standard InChI is InChI=1S/C18H11BrClI/c19-18-16(2-1-3-17(18)21)14-6-4-12(5-7-14)13-8-10-15(20)11-9-13/h1-11H. The largest absolute Gasteiger partial charge is 0.0843 e. The molecule has 0 spiro atoms. The number of halogens is 3. The summed E-state index contributed by atoms with van der Waals surface area (Å²) >= 11 is 11.9. The summed E-state index contributed by atoms with van der Waals surface area (Å²) in [6.45, 7) is 0. The maximum Gasteiger partial charge on any atom is 0.0406 e. The van der Waals surface area contributed by atoms with Crippen molar-refractivity contribution >= 4 is 50.1 Å². The Hall–Kier alpha value is -0.840. The van der Waals surface area contributed by atoms with E-state index in [9.17, 15) is 0 Å². The summed E-state index contributed by atoms with van der Waals surface area (Å²) in [5.74, 6) is 0. The van der Waals surface area contributed by atoms with Crippen LogP contribution in [0.2, 0.25) is 5.02 Å². The molecule has 0 saturated heterocycles. The van der Waals surface area contributed by atoms with E-state index in [1.165, 1.54) is 25.8 Å². The van der Waals surface area contributed by atoms with Gasteiger partial charge in [0, 0.05) is 13.1 Å². The van der Waals surface area contributed by atoms with E-state index in [1.807, 2.05) is 24.3 Å². The average Bonchev–Trinajstić information content (AvgIpc) is 2.51. The Bertz CT molecular complexity index is 764. The summed E-state index contributed by atoms with van der Waals surface area (Å²) in [6.07, 6.45) is 0. The molecule has 3 heteroatoms. The molecule has 0 aliphatic heterocycles. The lowest BCUT2D eigenvalue weighted by molar-refractivity contribution is 1.54. The molecule has 21 heavy (non-hydrogen) atoms. The zero-order valence-corrected chi connectivity index (χ0v) is 15.5. The smallest absolute Gasteiger partial charge is 0.0406 e. The molecule has 0 aromatic heterocycles. The van der Waals surface area contributed by atoms with Crippen LogP contribution in [-0.2, 0) is 0 Å². The minimum absolute atomic E-state index is 0.762. The van der Waals surface area contributed by atoms with Crippen molar-refractivity contribution in [3.05, 3.63) is 79.8 Å². The molecule has 0 saturated carbocycles. The minimum atomic E-state index is 0.762. The normalized spacial score (nSPS) is 10.6. The van der Waals surface area contributed by atoms with Gasteiger partial charge in [-0.25, -0.2) is 0 Å². The van der Waals surface area contributed by atoms with Crippen LogP contribution in [0.1, 0.15) is 0 Å². The van der Waals surface area contributed by atoms with E-state index in [4.69, 9.17) is 11.6 Å². The monoisotopic (exact) mass is 468 g/mol. The second-order valence-electron chi connectivity index (χ2n) is 4.69. The molecule has 0 heterocycles. The van der Waals surface area contributed by atoms with Crippen molar-refractivity contribution in [2.45, 2.75) is 0 Å². The van der Waals surface area contributed by atoms with Crippen LogP contribution >= 0.6 is 50.1 Å². The fraction of sp³-hybridized carbons (Fsp3) is 0. The second kappa shape index (κ2) is 6.51. The lowest BCUT2D eigenvalue weighted by Crippen LogP contribution is -1.84. The van der Waals surface area contributed by atoms with Crippen molar-refractivity contribution in [1.82, 2.24) is 0 Å². The van der Waals surface area contributed by atoms with E-state index in [0.29, 0.717) is 0 Å². The third-order valence-electron chi connectivity index (χ3n) is 3.33. The van der Waals surface area contributed by atoms with E-state index in [0.717, 1.165) is 9.50 Å². The molecule has 3 rings (SSSR count). The highest BCUT2D eigenvalue weighted by molar-refractivity contribution is 14.1. The Morgan fingerprint density at radius 2 is 1.24 bits per heavy atom. The predicted octanol–water partition coefficient (Wildman–Crippen LogP) is 7.04. The van der Waals surface area contributed by atoms with Crippen LogP contribution in [0.25, 0.3) is 22.3 Å². The Morgan fingerprint density at radius 1 is 0.714 bits per heavy atom. The maximum absolute atomic E-state index is 5.93. The van der Waals surface area contributed by atoms with Crippen molar-refractivity contribution < 1.29 is 0 Å². The number of hydrogen-bond acceptors (Lipinski definition) is 0. The van der Waals surface area contributed by atoms with Crippen LogP contribution < -0.4 is 0 Å². The van der Waals surface area contributed by atoms with Crippen LogP contribution in [0.4, 0.5) is 0 Å². The molecule has 0 radical (unpaired) electrons. The van der Waals surface area contributed by atoms with Crippen LogP contribution in [-0.4, -0.2) is 0 Å². The molecule has 0 aliphatic carbocycles. The second-order valence-corrected chi connectivity index (χ2v) is 7.08. The highest BCUT2D eigenvalue weighted by atomic mass is 127. The van der Waals surface area contributed by atoms with Crippen LogP contribution in [0.5, 0.6) is 0 Å². The van der Waals surface area contributed by atoms with Gasteiger partial charge in [-0.2, -0.15) is 0 Å². The zero-order valence-electron chi connectivity index (χ0n) is 11.0. The Morgan fingerprint density at radius 3 is 1.86 bits per heavy atom. The van der Waals surface area contributed by atoms with Gasteiger partial charge >= 0.3 is 0 Å². The van der Waals surface area contributed by atoms with Crippen molar-refractivity contribution in [3.8, 4) is 22.3 Å². The number of rotatable bonds is 2. The van der Waals surface area contributed by atoms with Gasteiger partial charge in [0.1, 0.15) is 0 Å². The van der Waals surface area contributed by atoms with Gasteiger partial charge in [-0.15, -0.1) is 0 Å². The van der Waals surface area contributed by atoms with Gasteiger partial charge in [-0.1, -0.05) is 60.1 Å². The third-order valence-corrected chi connectivity index (χ3v) is 6.07. The summed E-state index contributed by atoms with van der Waals surface area (Å²) < 4.78 is 2.36. The molecule has 0 atom stereocenters. The van der Waals surface area contributed by atoms with Crippen molar-refractivity contribution in [3.63, 3.8) is 0 Å². The van der Waals surface area contributed by atoms with Gasteiger partial charge in [-0.3, -0.25) is 0 Å². The highest BCUT2D eigenvalue weighted by Crippen LogP contribution is 2.33. The first-order valence-electron chi connectivity index (χ1n) is 6.45. The molecule has 0 aliphatic rings. The van der Waals surface area contributed by atoms with E-state index in [-0.39, 0.29) is 0 Å². The number of benzene rings is 3. The molecule has 3 aromatic carbocycles. The predicted molar refractivity (Wildman–Crippen MR) is 103 cm³/mol. The molecular weight excluding hydrogens is 458 g/mol. The fourth-order valence-corrected chi connectivity index (χ4v) is 3.33. The van der Waals surface area contributed by atoms with Crippen molar-refractivity contribution in [2.75, 3.05) is 0 Å². The SMILES string of the molecule is Clc1ccc(-c2ccc(-c3cccc(I)c3Br)cc2)cc1. The topological polar surface area (TPSA) is 0 Å².